The molecule has 0 spiro atoms. The summed E-state index contributed by atoms with van der Waals surface area (Å²) in [6, 6.07) is 11.0. The molecule has 0 saturated carbocycles. The Morgan fingerprint density at radius 2 is 1.80 bits per heavy atom. The van der Waals surface area contributed by atoms with Crippen LogP contribution in [-0.4, -0.2) is 22.1 Å². The molecule has 1 aromatic carbocycles. The molecule has 0 saturated heterocycles. The van der Waals surface area contributed by atoms with Gasteiger partial charge in [0.15, 0.2) is 5.69 Å². The van der Waals surface area contributed by atoms with Crippen LogP contribution in [0.5, 0.6) is 0 Å². The molecule has 0 bridgehead atoms. The van der Waals surface area contributed by atoms with Crippen molar-refractivity contribution in [1.82, 2.24) is 10.2 Å². The smallest absolute Gasteiger partial charge is 0.276 e. The van der Waals surface area contributed by atoms with Crippen LogP contribution in [0.4, 0.5) is 11.5 Å². The minimum Gasteiger partial charge on any atom is -0.366 e. The van der Waals surface area contributed by atoms with Crippen molar-refractivity contribution in [2.75, 3.05) is 10.6 Å². The topological polar surface area (TPSA) is 66.9 Å². The first-order valence-corrected chi connectivity index (χ1v) is 7.01. The number of nitrogens with zero attached hydrogens (tertiary/aromatic N) is 2. The number of hydrogen-bond acceptors (Lipinski definition) is 4. The largest absolute Gasteiger partial charge is 0.366 e. The van der Waals surface area contributed by atoms with E-state index in [9.17, 15) is 4.79 Å². The fraction of sp³-hybridized carbons (Fsp3) is 0.214. The van der Waals surface area contributed by atoms with Gasteiger partial charge in [-0.15, -0.1) is 10.2 Å². The third-order valence-corrected chi connectivity index (χ3v) is 2.96. The maximum absolute atomic E-state index is 12.0. The van der Waals surface area contributed by atoms with E-state index in [0.29, 0.717) is 11.5 Å². The van der Waals surface area contributed by atoms with Crippen LogP contribution in [0.2, 0.25) is 0 Å². The SMILES string of the molecule is CC(C)Nc1ccc(C(=O)Nc2ccc(Br)cc2)nn1. The molecule has 2 N–H and O–H groups in total. The van der Waals surface area contributed by atoms with Crippen molar-refractivity contribution < 1.29 is 4.79 Å². The zero-order chi connectivity index (χ0) is 14.5. The predicted octanol–water partition coefficient (Wildman–Crippen LogP) is 3.31. The minimum atomic E-state index is -0.282. The van der Waals surface area contributed by atoms with Crippen molar-refractivity contribution in [2.24, 2.45) is 0 Å². The van der Waals surface area contributed by atoms with Gasteiger partial charge in [-0.1, -0.05) is 15.9 Å². The van der Waals surface area contributed by atoms with Gasteiger partial charge in [-0.05, 0) is 50.2 Å². The quantitative estimate of drug-likeness (QED) is 0.900. The van der Waals surface area contributed by atoms with E-state index in [2.05, 4.69) is 36.8 Å². The third kappa shape index (κ3) is 4.03. The number of carbonyl (C=O) groups excluding carboxylic acids is 1. The normalized spacial score (nSPS) is 10.4. The number of amides is 1. The van der Waals surface area contributed by atoms with Gasteiger partial charge in [-0.25, -0.2) is 0 Å². The Morgan fingerprint density at radius 3 is 2.35 bits per heavy atom. The molecule has 1 aromatic heterocycles. The standard InChI is InChI=1S/C14H15BrN4O/c1-9(2)16-13-8-7-12(18-19-13)14(20)17-11-5-3-10(15)4-6-11/h3-9H,1-2H3,(H,16,19)(H,17,20). The van der Waals surface area contributed by atoms with Gasteiger partial charge in [0, 0.05) is 16.2 Å². The molecule has 0 atom stereocenters. The summed E-state index contributed by atoms with van der Waals surface area (Å²) < 4.78 is 0.958. The Kier molecular flexibility index (Phi) is 4.68. The number of rotatable bonds is 4. The van der Waals surface area contributed by atoms with Crippen molar-refractivity contribution >= 4 is 33.3 Å². The highest BCUT2D eigenvalue weighted by molar-refractivity contribution is 9.10. The van der Waals surface area contributed by atoms with Crippen LogP contribution in [-0.2, 0) is 0 Å². The molecule has 0 radical (unpaired) electrons. The average Bonchev–Trinajstić information content (AvgIpc) is 2.41. The molecule has 2 aromatic rings. The van der Waals surface area contributed by atoms with Gasteiger partial charge in [0.1, 0.15) is 5.82 Å². The van der Waals surface area contributed by atoms with Gasteiger partial charge >= 0.3 is 0 Å². The predicted molar refractivity (Wildman–Crippen MR) is 82.9 cm³/mol. The molecule has 0 fully saturated rings. The highest BCUT2D eigenvalue weighted by Gasteiger charge is 2.08. The number of carbonyl (C=O) groups is 1. The second kappa shape index (κ2) is 6.47. The van der Waals surface area contributed by atoms with Crippen LogP contribution >= 0.6 is 15.9 Å². The number of anilines is 2. The number of aromatic nitrogens is 2. The van der Waals surface area contributed by atoms with E-state index in [1.54, 1.807) is 12.1 Å². The summed E-state index contributed by atoms with van der Waals surface area (Å²) in [5.74, 6) is 0.371. The molecule has 0 aliphatic rings. The first-order valence-electron chi connectivity index (χ1n) is 6.22. The first-order chi connectivity index (χ1) is 9.54. The van der Waals surface area contributed by atoms with Crippen LogP contribution < -0.4 is 10.6 Å². The second-order valence-corrected chi connectivity index (χ2v) is 5.48. The Morgan fingerprint density at radius 1 is 1.10 bits per heavy atom. The lowest BCUT2D eigenvalue weighted by atomic mass is 10.3. The number of benzene rings is 1. The molecule has 20 heavy (non-hydrogen) atoms. The molecule has 6 heteroatoms. The third-order valence-electron chi connectivity index (χ3n) is 2.44. The van der Waals surface area contributed by atoms with E-state index in [0.717, 1.165) is 4.47 Å². The molecule has 1 amide bonds. The Labute approximate surface area is 125 Å². The number of hydrogen-bond donors (Lipinski definition) is 2. The van der Waals surface area contributed by atoms with Crippen LogP contribution in [0.3, 0.4) is 0 Å². The van der Waals surface area contributed by atoms with Crippen LogP contribution in [0.15, 0.2) is 40.9 Å². The van der Waals surface area contributed by atoms with Crippen molar-refractivity contribution in [3.63, 3.8) is 0 Å². The minimum absolute atomic E-state index is 0.270. The van der Waals surface area contributed by atoms with Gasteiger partial charge < -0.3 is 10.6 Å². The first kappa shape index (κ1) is 14.5. The molecule has 0 unspecified atom stereocenters. The van der Waals surface area contributed by atoms with Gasteiger partial charge in [0.2, 0.25) is 0 Å². The summed E-state index contributed by atoms with van der Waals surface area (Å²) >= 11 is 3.34. The molecule has 0 aliphatic heterocycles. The zero-order valence-corrected chi connectivity index (χ0v) is 12.8. The fourth-order valence-electron chi connectivity index (χ4n) is 1.55. The van der Waals surface area contributed by atoms with Gasteiger partial charge in [-0.3, -0.25) is 4.79 Å². The molecular weight excluding hydrogens is 320 g/mol. The van der Waals surface area contributed by atoms with Crippen molar-refractivity contribution in [3.05, 3.63) is 46.6 Å². The monoisotopic (exact) mass is 334 g/mol. The summed E-state index contributed by atoms with van der Waals surface area (Å²) in [6.07, 6.45) is 0. The molecule has 1 heterocycles. The fourth-order valence-corrected chi connectivity index (χ4v) is 1.82. The van der Waals surface area contributed by atoms with Gasteiger partial charge in [0.05, 0.1) is 0 Å². The summed E-state index contributed by atoms with van der Waals surface area (Å²) in [5, 5.41) is 13.8. The lowest BCUT2D eigenvalue weighted by Crippen LogP contribution is -2.16. The zero-order valence-electron chi connectivity index (χ0n) is 11.2. The van der Waals surface area contributed by atoms with Crippen LogP contribution in [0, 0.1) is 0 Å². The van der Waals surface area contributed by atoms with E-state index in [4.69, 9.17) is 0 Å². The maximum Gasteiger partial charge on any atom is 0.276 e. The number of halogens is 1. The summed E-state index contributed by atoms with van der Waals surface area (Å²) in [5.41, 5.74) is 0.992. The van der Waals surface area contributed by atoms with Crippen LogP contribution in [0.1, 0.15) is 24.3 Å². The van der Waals surface area contributed by atoms with E-state index in [1.807, 2.05) is 38.1 Å². The number of nitrogens with one attached hydrogen (secondary N) is 2. The molecular formula is C14H15BrN4O. The lowest BCUT2D eigenvalue weighted by molar-refractivity contribution is 0.102. The van der Waals surface area contributed by atoms with Crippen LogP contribution in [0.25, 0.3) is 0 Å². The van der Waals surface area contributed by atoms with Crippen molar-refractivity contribution in [3.8, 4) is 0 Å². The maximum atomic E-state index is 12.0. The molecule has 2 rings (SSSR count). The Balaban J connectivity index is 2.03. The van der Waals surface area contributed by atoms with E-state index < -0.39 is 0 Å². The Bertz CT molecular complexity index is 581. The Hall–Kier alpha value is -1.95. The van der Waals surface area contributed by atoms with Crippen molar-refractivity contribution in [1.29, 1.82) is 0 Å². The van der Waals surface area contributed by atoms with E-state index >= 15 is 0 Å². The summed E-state index contributed by atoms with van der Waals surface area (Å²) in [7, 11) is 0. The molecule has 0 aliphatic carbocycles. The highest BCUT2D eigenvalue weighted by Crippen LogP contribution is 2.15. The van der Waals surface area contributed by atoms with Crippen molar-refractivity contribution in [2.45, 2.75) is 19.9 Å². The average molecular weight is 335 g/mol. The van der Waals surface area contributed by atoms with Gasteiger partial charge in [-0.2, -0.15) is 0 Å². The van der Waals surface area contributed by atoms with Gasteiger partial charge in [0.25, 0.3) is 5.91 Å². The second-order valence-electron chi connectivity index (χ2n) is 4.56. The van der Waals surface area contributed by atoms with E-state index in [1.165, 1.54) is 0 Å². The summed E-state index contributed by atoms with van der Waals surface area (Å²) in [4.78, 5) is 12.0. The molecule has 104 valence electrons. The molecule has 5 nitrogen and oxygen atoms in total. The van der Waals surface area contributed by atoms with E-state index in [-0.39, 0.29) is 17.6 Å². The summed E-state index contributed by atoms with van der Waals surface area (Å²) in [6.45, 7) is 4.02. The highest BCUT2D eigenvalue weighted by atomic mass is 79.9. The lowest BCUT2D eigenvalue weighted by Gasteiger charge is -2.08.